The summed E-state index contributed by atoms with van der Waals surface area (Å²) in [6.07, 6.45) is -21.8. The third-order valence-electron chi connectivity index (χ3n) is 2.08. The molecule has 0 bridgehead atoms. The first-order valence-electron chi connectivity index (χ1n) is 5.93. The van der Waals surface area contributed by atoms with Gasteiger partial charge in [-0.25, -0.2) is 0 Å². The van der Waals surface area contributed by atoms with Crippen molar-refractivity contribution in [1.82, 2.24) is 9.80 Å². The third kappa shape index (κ3) is 11.1. The van der Waals surface area contributed by atoms with Gasteiger partial charge in [0.05, 0.1) is 0 Å². The van der Waals surface area contributed by atoms with Crippen LogP contribution in [-0.4, -0.2) is 59.8 Å². The van der Waals surface area contributed by atoms with E-state index in [4.69, 9.17) is 5.11 Å². The lowest BCUT2D eigenvalue weighted by Gasteiger charge is -2.26. The van der Waals surface area contributed by atoms with E-state index >= 15 is 0 Å². The molecule has 3 nitrogen and oxygen atoms in total. The second-order valence-corrected chi connectivity index (χ2v) is 4.00. The largest absolute Gasteiger partial charge is 0.467 e. The molecule has 15 heteroatoms. The number of hydrogen-bond donors (Lipinski definition) is 1. The first kappa shape index (κ1) is 26.0. The Kier molecular flexibility index (Phi) is 9.85. The molecular weight excluding hydrogens is 392 g/mol. The fraction of sp³-hybridized carbons (Fsp3) is 0.800. The van der Waals surface area contributed by atoms with Crippen LogP contribution in [0.2, 0.25) is 0 Å². The van der Waals surface area contributed by atoms with E-state index in [-0.39, 0.29) is 0 Å². The Morgan fingerprint density at radius 2 is 1.00 bits per heavy atom. The summed E-state index contributed by atoms with van der Waals surface area (Å²) in [6, 6.07) is 0. The van der Waals surface area contributed by atoms with Gasteiger partial charge < -0.3 is 5.11 Å². The van der Waals surface area contributed by atoms with E-state index in [1.54, 1.807) is 0 Å². The molecule has 25 heavy (non-hydrogen) atoms. The Bertz CT molecular complexity index is 355. The highest BCUT2D eigenvalue weighted by Gasteiger charge is 2.53. The van der Waals surface area contributed by atoms with Crippen LogP contribution in [0.4, 0.5) is 52.7 Å². The number of rotatable bonds is 5. The minimum absolute atomic E-state index is 0.529. The normalized spacial score (nSPS) is 13.7. The average Bonchev–Trinajstić information content (AvgIpc) is 2.31. The van der Waals surface area contributed by atoms with Gasteiger partial charge in [-0.3, -0.25) is 0 Å². The van der Waals surface area contributed by atoms with Crippen LogP contribution in [0.3, 0.4) is 0 Å². The van der Waals surface area contributed by atoms with Crippen molar-refractivity contribution in [2.45, 2.75) is 31.6 Å². The molecule has 0 amide bonds. The fourth-order valence-corrected chi connectivity index (χ4v) is 1.11. The van der Waals surface area contributed by atoms with Crippen molar-refractivity contribution in [1.29, 1.82) is 0 Å². The van der Waals surface area contributed by atoms with Gasteiger partial charge in [0.25, 0.3) is 0 Å². The summed E-state index contributed by atoms with van der Waals surface area (Å²) in [5.41, 5.74) is 0. The van der Waals surface area contributed by atoms with Crippen molar-refractivity contribution in [3.8, 4) is 0 Å². The minimum Gasteiger partial charge on any atom is -0.396 e. The van der Waals surface area contributed by atoms with Gasteiger partial charge >= 0.3 is 25.2 Å². The van der Waals surface area contributed by atoms with Crippen LogP contribution in [0.1, 0.15) is 6.42 Å². The summed E-state index contributed by atoms with van der Waals surface area (Å²) < 4.78 is 139. The molecule has 0 atom stereocenters. The van der Waals surface area contributed by atoms with E-state index < -0.39 is 61.1 Å². The smallest absolute Gasteiger partial charge is 0.396 e. The molecule has 0 aromatic carbocycles. The van der Waals surface area contributed by atoms with Gasteiger partial charge in [-0.05, 0) is 6.42 Å². The molecule has 0 aromatic heterocycles. The van der Waals surface area contributed by atoms with E-state index in [0.717, 1.165) is 0 Å². The van der Waals surface area contributed by atoms with Crippen molar-refractivity contribution < 1.29 is 57.8 Å². The van der Waals surface area contributed by atoms with E-state index in [1.807, 2.05) is 0 Å². The Morgan fingerprint density at radius 1 is 0.680 bits per heavy atom. The zero-order valence-corrected chi connectivity index (χ0v) is 12.0. The molecular formula is C10H12F12N2O. The molecule has 0 saturated heterocycles. The molecule has 0 rings (SSSR count). The van der Waals surface area contributed by atoms with Crippen molar-refractivity contribution in [2.24, 2.45) is 0 Å². The topological polar surface area (TPSA) is 26.7 Å². The molecule has 0 aromatic rings. The highest BCUT2D eigenvalue weighted by molar-refractivity contribution is 4.76. The summed E-state index contributed by atoms with van der Waals surface area (Å²) in [7, 11) is 0. The van der Waals surface area contributed by atoms with Gasteiger partial charge in [-0.15, -0.1) is 16.4 Å². The molecule has 0 aliphatic heterocycles. The lowest BCUT2D eigenvalue weighted by molar-refractivity contribution is -0.373. The molecule has 0 unspecified atom stereocenters. The molecule has 0 fully saturated rings. The maximum Gasteiger partial charge on any atom is 0.467 e. The van der Waals surface area contributed by atoms with Crippen LogP contribution >= 0.6 is 0 Å². The van der Waals surface area contributed by atoms with Crippen LogP contribution < -0.4 is 0 Å². The molecule has 0 saturated carbocycles. The van der Waals surface area contributed by atoms with E-state index in [9.17, 15) is 52.7 Å². The Balaban J connectivity index is 0. The van der Waals surface area contributed by atoms with Crippen LogP contribution in [0, 0.1) is 0 Å². The van der Waals surface area contributed by atoms with Crippen LogP contribution in [0.5, 0.6) is 0 Å². The predicted octanol–water partition coefficient (Wildman–Crippen LogP) is 4.22. The summed E-state index contributed by atoms with van der Waals surface area (Å²) in [4.78, 5) is -3.14. The van der Waals surface area contributed by atoms with Gasteiger partial charge in [0.1, 0.15) is 0 Å². The van der Waals surface area contributed by atoms with Crippen molar-refractivity contribution in [3.63, 3.8) is 0 Å². The van der Waals surface area contributed by atoms with E-state index in [0.29, 0.717) is 6.08 Å². The molecule has 1 N–H and O–H groups in total. The highest BCUT2D eigenvalue weighted by Crippen LogP contribution is 2.33. The summed E-state index contributed by atoms with van der Waals surface area (Å²) in [6.45, 7) is -0.521. The van der Waals surface area contributed by atoms with Gasteiger partial charge in [0, 0.05) is 19.7 Å². The summed E-state index contributed by atoms with van der Waals surface area (Å²) in [5.74, 6) is 0. The number of nitrogens with zero attached hydrogens (tertiary/aromatic N) is 2. The van der Waals surface area contributed by atoms with Crippen molar-refractivity contribution >= 4 is 0 Å². The van der Waals surface area contributed by atoms with Gasteiger partial charge in [-0.1, -0.05) is 6.08 Å². The van der Waals surface area contributed by atoms with Crippen LogP contribution in [0.25, 0.3) is 0 Å². The minimum atomic E-state index is -5.45. The first-order chi connectivity index (χ1) is 10.9. The number of aliphatic hydroxyl groups is 1. The summed E-state index contributed by atoms with van der Waals surface area (Å²) in [5, 5.41) is 8.09. The van der Waals surface area contributed by atoms with Crippen molar-refractivity contribution in [2.75, 3.05) is 19.7 Å². The molecule has 0 radical (unpaired) electrons. The first-order valence-corrected chi connectivity index (χ1v) is 5.93. The predicted molar refractivity (Wildman–Crippen MR) is 59.5 cm³/mol. The van der Waals surface area contributed by atoms with Gasteiger partial charge in [0.2, 0.25) is 0 Å². The maximum atomic E-state index is 11.7. The van der Waals surface area contributed by atoms with Crippen LogP contribution in [-0.2, 0) is 0 Å². The molecule has 152 valence electrons. The number of aliphatic hydroxyl groups excluding tert-OH is 1. The number of halogens is 12. The average molecular weight is 404 g/mol. The standard InChI is InChI=1S/C5H7F6NO.C5H5F6N/c6-4(7,8)12(2-1-3-13)5(9,10)11;1-2-3-12(4(6,7)8)5(9,10)11/h13H,1-3H2;2H,1,3H2. The SMILES string of the molecule is C=CCN(C(F)(F)F)C(F)(F)F.OCCCN(C(F)(F)F)C(F)(F)F. The van der Waals surface area contributed by atoms with Crippen LogP contribution in [0.15, 0.2) is 12.7 Å². The highest BCUT2D eigenvalue weighted by atomic mass is 19.4. The molecule has 0 aliphatic carbocycles. The maximum absolute atomic E-state index is 11.7. The molecule has 0 aliphatic rings. The summed E-state index contributed by atoms with van der Waals surface area (Å²) >= 11 is 0. The third-order valence-corrected chi connectivity index (χ3v) is 2.08. The lowest BCUT2D eigenvalue weighted by atomic mass is 10.4. The number of hydrogen-bond acceptors (Lipinski definition) is 3. The van der Waals surface area contributed by atoms with E-state index in [1.165, 1.54) is 0 Å². The zero-order chi connectivity index (χ0) is 20.7. The lowest BCUT2D eigenvalue weighted by Crippen LogP contribution is -2.48. The molecule has 0 spiro atoms. The second-order valence-electron chi connectivity index (χ2n) is 4.00. The Morgan fingerprint density at radius 3 is 1.16 bits per heavy atom. The fourth-order valence-electron chi connectivity index (χ4n) is 1.11. The second kappa shape index (κ2) is 9.47. The van der Waals surface area contributed by atoms with E-state index in [2.05, 4.69) is 6.58 Å². The zero-order valence-electron chi connectivity index (χ0n) is 12.0. The van der Waals surface area contributed by atoms with Crippen molar-refractivity contribution in [3.05, 3.63) is 12.7 Å². The van der Waals surface area contributed by atoms with Gasteiger partial charge in [0.15, 0.2) is 0 Å². The monoisotopic (exact) mass is 404 g/mol. The Labute approximate surface area is 133 Å². The quantitative estimate of drug-likeness (QED) is 0.422. The number of alkyl halides is 12. The molecule has 0 heterocycles. The Hall–Kier alpha value is -1.22. The van der Waals surface area contributed by atoms with Gasteiger partial charge in [-0.2, -0.15) is 52.7 Å².